The Bertz CT molecular complexity index is 1390. The number of hydrogen-bond acceptors (Lipinski definition) is 7. The molecule has 4 atom stereocenters. The Morgan fingerprint density at radius 2 is 1.72 bits per heavy atom. The van der Waals surface area contributed by atoms with Crippen molar-refractivity contribution in [1.82, 2.24) is 20.3 Å². The van der Waals surface area contributed by atoms with Crippen molar-refractivity contribution in [3.8, 4) is 0 Å². The van der Waals surface area contributed by atoms with Crippen LogP contribution in [0.25, 0.3) is 10.9 Å². The van der Waals surface area contributed by atoms with Crippen LogP contribution in [-0.4, -0.2) is 61.9 Å². The van der Waals surface area contributed by atoms with Crippen molar-refractivity contribution in [3.05, 3.63) is 71.9 Å². The maximum absolute atomic E-state index is 13.3. The predicted octanol–water partition coefficient (Wildman–Crippen LogP) is -0.0468. The first-order chi connectivity index (χ1) is 17.1. The molecule has 1 aromatic heterocycles. The highest BCUT2D eigenvalue weighted by atomic mass is 16.4. The number of aliphatic carboxylic acids is 1. The lowest BCUT2D eigenvalue weighted by Gasteiger charge is -2.18. The van der Waals surface area contributed by atoms with E-state index in [-0.39, 0.29) is 12.0 Å². The summed E-state index contributed by atoms with van der Waals surface area (Å²) in [6.07, 6.45) is 0.0223. The highest BCUT2D eigenvalue weighted by Gasteiger charge is 2.84. The largest absolute Gasteiger partial charge is 0.479 e. The minimum absolute atomic E-state index is 0.0223. The molecule has 0 spiro atoms. The van der Waals surface area contributed by atoms with Crippen LogP contribution in [0.4, 0.5) is 4.79 Å². The first kappa shape index (κ1) is 24.6. The number of carbonyl (C=O) groups is 5. The topological polar surface area (TPSA) is 190 Å². The summed E-state index contributed by atoms with van der Waals surface area (Å²) in [7, 11) is 0. The minimum atomic E-state index is -2.57. The number of aromatic nitrogens is 1. The summed E-state index contributed by atoms with van der Waals surface area (Å²) < 4.78 is 1.79. The van der Waals surface area contributed by atoms with Crippen molar-refractivity contribution in [2.24, 2.45) is 11.5 Å². The van der Waals surface area contributed by atoms with Crippen LogP contribution in [0.5, 0.6) is 0 Å². The number of benzene rings is 2. The van der Waals surface area contributed by atoms with Gasteiger partial charge in [-0.2, -0.15) is 5.01 Å². The number of Topliss-reactive ketones (excluding diaryl/α,β-unsaturated/α-hetero) is 1. The van der Waals surface area contributed by atoms with Gasteiger partial charge >= 0.3 is 12.0 Å². The number of nitrogens with two attached hydrogens (primary N) is 2. The quantitative estimate of drug-likeness (QED) is 0.156. The number of nitrogens with zero attached hydrogens (tertiary/aromatic N) is 2. The van der Waals surface area contributed by atoms with Gasteiger partial charge in [0.25, 0.3) is 5.91 Å². The summed E-state index contributed by atoms with van der Waals surface area (Å²) >= 11 is 0. The molecule has 1 aliphatic heterocycles. The molecule has 12 nitrogen and oxygen atoms in total. The minimum Gasteiger partial charge on any atom is -0.479 e. The molecule has 7 N–H and O–H groups in total. The van der Waals surface area contributed by atoms with Crippen molar-refractivity contribution < 1.29 is 29.1 Å². The second-order valence-electron chi connectivity index (χ2n) is 8.49. The molecule has 186 valence electrons. The molecule has 1 saturated heterocycles. The molecule has 4 rings (SSSR count). The molecule has 2 unspecified atom stereocenters. The lowest BCUT2D eigenvalue weighted by Crippen LogP contribution is -2.53. The zero-order valence-corrected chi connectivity index (χ0v) is 19.2. The Morgan fingerprint density at radius 1 is 1.08 bits per heavy atom. The first-order valence-electron chi connectivity index (χ1n) is 10.9. The second-order valence-corrected chi connectivity index (χ2v) is 8.49. The number of nitrogens with one attached hydrogen (secondary N) is 2. The van der Waals surface area contributed by atoms with Gasteiger partial charge in [0.15, 0.2) is 12.1 Å². The maximum Gasteiger partial charge on any atom is 0.343 e. The van der Waals surface area contributed by atoms with Crippen molar-refractivity contribution >= 4 is 40.9 Å². The SMILES string of the molecule is C[C@H](NC(=O)c1cc2ccccc2n1Cc1ccccc1)C(=O)[C@]1(C=O)N(NC(N)=O)C1(N)C(=O)O. The average molecular weight is 492 g/mol. The van der Waals surface area contributed by atoms with Crippen LogP contribution >= 0.6 is 0 Å². The van der Waals surface area contributed by atoms with E-state index in [1.807, 2.05) is 60.0 Å². The van der Waals surface area contributed by atoms with Crippen LogP contribution in [0.2, 0.25) is 0 Å². The lowest BCUT2D eigenvalue weighted by atomic mass is 9.92. The van der Waals surface area contributed by atoms with Crippen molar-refractivity contribution in [2.75, 3.05) is 0 Å². The van der Waals surface area contributed by atoms with E-state index < -0.39 is 40.9 Å². The van der Waals surface area contributed by atoms with Crippen LogP contribution in [-0.2, 0) is 20.9 Å². The smallest absolute Gasteiger partial charge is 0.343 e. The van der Waals surface area contributed by atoms with Crippen LogP contribution in [0.15, 0.2) is 60.7 Å². The van der Waals surface area contributed by atoms with Gasteiger partial charge in [0.05, 0.1) is 6.04 Å². The highest BCUT2D eigenvalue weighted by molar-refractivity contribution is 6.18. The zero-order valence-electron chi connectivity index (χ0n) is 19.2. The van der Waals surface area contributed by atoms with Gasteiger partial charge in [-0.05, 0) is 24.6 Å². The lowest BCUT2D eigenvalue weighted by molar-refractivity contribution is -0.143. The number of hydrogen-bond donors (Lipinski definition) is 5. The number of fused-ring (bicyclic) bond motifs is 1. The van der Waals surface area contributed by atoms with Gasteiger partial charge in [0, 0.05) is 17.4 Å². The van der Waals surface area contributed by atoms with Gasteiger partial charge in [0.1, 0.15) is 5.69 Å². The Balaban J connectivity index is 1.64. The number of primary amides is 1. The number of aldehydes is 1. The van der Waals surface area contributed by atoms with Gasteiger partial charge in [-0.3, -0.25) is 20.7 Å². The first-order valence-corrected chi connectivity index (χ1v) is 10.9. The average Bonchev–Trinajstić information content (AvgIpc) is 3.18. The van der Waals surface area contributed by atoms with Gasteiger partial charge in [-0.25, -0.2) is 9.59 Å². The molecule has 36 heavy (non-hydrogen) atoms. The fourth-order valence-corrected chi connectivity index (χ4v) is 4.44. The number of carboxylic acids is 1. The fraction of sp³-hybridized carbons (Fsp3) is 0.208. The number of rotatable bonds is 9. The molecular weight excluding hydrogens is 468 g/mol. The Morgan fingerprint density at radius 3 is 2.33 bits per heavy atom. The predicted molar refractivity (Wildman–Crippen MR) is 127 cm³/mol. The van der Waals surface area contributed by atoms with Crippen LogP contribution in [0.1, 0.15) is 23.0 Å². The molecule has 1 aliphatic rings. The number of urea groups is 1. The molecule has 0 bridgehead atoms. The standard InChI is InChI=1S/C24H24N6O6/c1-14(19(32)23(13-31)24(26,21(34)35)30(23)28-22(25)36)27-20(33)18-11-16-9-5-6-10-17(16)29(18)12-15-7-3-2-4-8-15/h2-11,13-14H,12,26H2,1H3,(H,27,33)(H,34,35)(H3,25,28,36)/t14-,23-,24?,30?/m0/s1. The molecule has 0 saturated carbocycles. The molecular formula is C24H24N6O6. The number of ketones is 1. The molecule has 2 aromatic carbocycles. The number of hydrazine groups is 1. The summed E-state index contributed by atoms with van der Waals surface area (Å²) in [5, 5.41) is 13.3. The normalized spacial score (nSPS) is 23.4. The van der Waals surface area contributed by atoms with E-state index in [0.717, 1.165) is 16.5 Å². The number of para-hydroxylation sites is 1. The number of carboxylic acid groups (broad SMARTS) is 1. The molecule has 2 heterocycles. The summed E-state index contributed by atoms with van der Waals surface area (Å²) in [6, 6.07) is 15.9. The van der Waals surface area contributed by atoms with Gasteiger partial charge in [0.2, 0.25) is 11.2 Å². The molecule has 0 radical (unpaired) electrons. The van der Waals surface area contributed by atoms with Gasteiger partial charge in [-0.15, -0.1) is 0 Å². The summed E-state index contributed by atoms with van der Waals surface area (Å²) in [4.78, 5) is 61.6. The Kier molecular flexibility index (Phi) is 6.08. The summed E-state index contributed by atoms with van der Waals surface area (Å²) in [6.45, 7) is 1.66. The van der Waals surface area contributed by atoms with Crippen LogP contribution < -0.4 is 22.2 Å². The van der Waals surface area contributed by atoms with Crippen LogP contribution in [0, 0.1) is 0 Å². The molecule has 3 amide bonds. The van der Waals surface area contributed by atoms with E-state index in [1.165, 1.54) is 6.92 Å². The van der Waals surface area contributed by atoms with Gasteiger partial charge < -0.3 is 25.5 Å². The Labute approximate surface area is 204 Å². The van der Waals surface area contributed by atoms with E-state index in [4.69, 9.17) is 11.5 Å². The highest BCUT2D eigenvalue weighted by Crippen LogP contribution is 2.46. The van der Waals surface area contributed by atoms with Gasteiger partial charge in [-0.1, -0.05) is 48.5 Å². The van der Waals surface area contributed by atoms with Crippen molar-refractivity contribution in [2.45, 2.75) is 30.7 Å². The van der Waals surface area contributed by atoms with E-state index >= 15 is 0 Å². The zero-order chi connectivity index (χ0) is 26.3. The maximum atomic E-state index is 13.3. The third kappa shape index (κ3) is 3.68. The van der Waals surface area contributed by atoms with E-state index in [1.54, 1.807) is 10.6 Å². The fourth-order valence-electron chi connectivity index (χ4n) is 4.44. The van der Waals surface area contributed by atoms with E-state index in [2.05, 4.69) is 5.32 Å². The summed E-state index contributed by atoms with van der Waals surface area (Å²) in [5.41, 5.74) is 9.70. The van der Waals surface area contributed by atoms with Crippen molar-refractivity contribution in [3.63, 3.8) is 0 Å². The molecule has 12 heteroatoms. The molecule has 0 aliphatic carbocycles. The van der Waals surface area contributed by atoms with Crippen LogP contribution in [0.3, 0.4) is 0 Å². The second kappa shape index (κ2) is 8.91. The Hall–Kier alpha value is -4.55. The third-order valence-electron chi connectivity index (χ3n) is 6.30. The monoisotopic (exact) mass is 492 g/mol. The van der Waals surface area contributed by atoms with Crippen molar-refractivity contribution in [1.29, 1.82) is 0 Å². The third-order valence-corrected chi connectivity index (χ3v) is 6.30. The number of carbonyl (C=O) groups excluding carboxylic acids is 4. The summed E-state index contributed by atoms with van der Waals surface area (Å²) in [5.74, 6) is -3.40. The molecule has 3 aromatic rings. The van der Waals surface area contributed by atoms with E-state index in [0.29, 0.717) is 11.6 Å². The number of amides is 3. The van der Waals surface area contributed by atoms with E-state index in [9.17, 15) is 29.1 Å². The molecule has 1 fully saturated rings.